The number of hydrogen-bond donors (Lipinski definition) is 0. The van der Waals surface area contributed by atoms with Crippen LogP contribution in [0.25, 0.3) is 0 Å². The van der Waals surface area contributed by atoms with Gasteiger partial charge in [-0.2, -0.15) is 0 Å². The zero-order chi connectivity index (χ0) is 19.1. The molecule has 1 heterocycles. The van der Waals surface area contributed by atoms with E-state index in [-0.39, 0.29) is 24.8 Å². The van der Waals surface area contributed by atoms with Crippen LogP contribution in [-0.2, 0) is 20.9 Å². The van der Waals surface area contributed by atoms with E-state index in [0.29, 0.717) is 22.8 Å². The summed E-state index contributed by atoms with van der Waals surface area (Å²) in [5, 5.41) is 0. The first-order chi connectivity index (χ1) is 12.4. The molecule has 0 saturated carbocycles. The Morgan fingerprint density at radius 1 is 1.04 bits per heavy atom. The summed E-state index contributed by atoms with van der Waals surface area (Å²) < 4.78 is 25.2. The molecule has 1 aromatic heterocycles. The van der Waals surface area contributed by atoms with Gasteiger partial charge in [-0.3, -0.25) is 4.79 Å². The molecule has 8 heteroatoms. The molecular formula is C18H18O8. The van der Waals surface area contributed by atoms with Crippen LogP contribution in [0.5, 0.6) is 11.5 Å². The van der Waals surface area contributed by atoms with Gasteiger partial charge in [0, 0.05) is 5.56 Å². The highest BCUT2D eigenvalue weighted by Crippen LogP contribution is 2.28. The summed E-state index contributed by atoms with van der Waals surface area (Å²) in [6.45, 7) is 0.923. The van der Waals surface area contributed by atoms with Gasteiger partial charge in [-0.05, 0) is 37.3 Å². The first kappa shape index (κ1) is 19.0. The van der Waals surface area contributed by atoms with Crippen LogP contribution < -0.4 is 9.47 Å². The monoisotopic (exact) mass is 362 g/mol. The van der Waals surface area contributed by atoms with Crippen molar-refractivity contribution in [3.05, 3.63) is 47.4 Å². The van der Waals surface area contributed by atoms with E-state index < -0.39 is 11.9 Å². The Labute approximate surface area is 149 Å². The van der Waals surface area contributed by atoms with Crippen molar-refractivity contribution in [1.29, 1.82) is 0 Å². The molecule has 0 amide bonds. The maximum absolute atomic E-state index is 11.8. The highest BCUT2D eigenvalue weighted by molar-refractivity contribution is 5.94. The summed E-state index contributed by atoms with van der Waals surface area (Å²) in [6.07, 6.45) is 0. The Bertz CT molecular complexity index is 805. The van der Waals surface area contributed by atoms with Gasteiger partial charge in [-0.15, -0.1) is 0 Å². The molecule has 2 rings (SSSR count). The van der Waals surface area contributed by atoms with E-state index in [0.717, 1.165) is 0 Å². The van der Waals surface area contributed by atoms with Gasteiger partial charge in [0.05, 0.1) is 14.2 Å². The van der Waals surface area contributed by atoms with E-state index in [2.05, 4.69) is 4.74 Å². The van der Waals surface area contributed by atoms with E-state index in [1.54, 1.807) is 6.07 Å². The lowest BCUT2D eigenvalue weighted by molar-refractivity contribution is -0.147. The Morgan fingerprint density at radius 2 is 1.81 bits per heavy atom. The van der Waals surface area contributed by atoms with Crippen molar-refractivity contribution in [1.82, 2.24) is 0 Å². The SMILES string of the molecule is COC(=O)c1ccc(COC(=O)COc2ccc(C(C)=O)cc2OC)o1. The van der Waals surface area contributed by atoms with Crippen LogP contribution >= 0.6 is 0 Å². The van der Waals surface area contributed by atoms with Crippen LogP contribution in [0, 0.1) is 0 Å². The molecule has 8 nitrogen and oxygen atoms in total. The highest BCUT2D eigenvalue weighted by Gasteiger charge is 2.14. The van der Waals surface area contributed by atoms with Crippen molar-refractivity contribution in [3.8, 4) is 11.5 Å². The molecule has 2 aromatic rings. The summed E-state index contributed by atoms with van der Waals surface area (Å²) in [4.78, 5) is 34.4. The van der Waals surface area contributed by atoms with Crippen LogP contribution in [0.3, 0.4) is 0 Å². The van der Waals surface area contributed by atoms with E-state index in [9.17, 15) is 14.4 Å². The molecule has 0 spiro atoms. The molecule has 0 saturated heterocycles. The number of ketones is 1. The second kappa shape index (κ2) is 8.70. The van der Waals surface area contributed by atoms with Crippen LogP contribution in [0.2, 0.25) is 0 Å². The molecule has 0 radical (unpaired) electrons. The van der Waals surface area contributed by atoms with Crippen molar-refractivity contribution in [2.24, 2.45) is 0 Å². The number of carbonyl (C=O) groups is 3. The summed E-state index contributed by atoms with van der Waals surface area (Å²) in [5.74, 6) is -0.420. The van der Waals surface area contributed by atoms with Gasteiger partial charge in [0.15, 0.2) is 23.9 Å². The van der Waals surface area contributed by atoms with E-state index in [1.807, 2.05) is 0 Å². The molecule has 0 aliphatic carbocycles. The summed E-state index contributed by atoms with van der Waals surface area (Å²) in [7, 11) is 2.67. The van der Waals surface area contributed by atoms with Crippen molar-refractivity contribution in [3.63, 3.8) is 0 Å². The highest BCUT2D eigenvalue weighted by atomic mass is 16.6. The van der Waals surface area contributed by atoms with Crippen molar-refractivity contribution in [2.75, 3.05) is 20.8 Å². The van der Waals surface area contributed by atoms with Crippen molar-refractivity contribution < 1.29 is 37.7 Å². The van der Waals surface area contributed by atoms with Crippen LogP contribution in [0.4, 0.5) is 0 Å². The van der Waals surface area contributed by atoms with Crippen molar-refractivity contribution >= 4 is 17.7 Å². The third-order valence-corrected chi connectivity index (χ3v) is 3.34. The predicted molar refractivity (Wildman–Crippen MR) is 88.3 cm³/mol. The largest absolute Gasteiger partial charge is 0.493 e. The fourth-order valence-corrected chi connectivity index (χ4v) is 2.00. The summed E-state index contributed by atoms with van der Waals surface area (Å²) >= 11 is 0. The zero-order valence-corrected chi connectivity index (χ0v) is 14.6. The normalized spacial score (nSPS) is 10.1. The minimum absolute atomic E-state index is 0.0186. The molecule has 0 atom stereocenters. The molecule has 0 bridgehead atoms. The van der Waals surface area contributed by atoms with E-state index >= 15 is 0 Å². The molecule has 1 aromatic carbocycles. The number of rotatable bonds is 8. The lowest BCUT2D eigenvalue weighted by Crippen LogP contribution is -2.15. The minimum Gasteiger partial charge on any atom is -0.493 e. The third kappa shape index (κ3) is 4.85. The number of methoxy groups -OCH3 is 2. The zero-order valence-electron chi connectivity index (χ0n) is 14.6. The van der Waals surface area contributed by atoms with Gasteiger partial charge in [0.25, 0.3) is 0 Å². The first-order valence-corrected chi connectivity index (χ1v) is 7.59. The Hall–Kier alpha value is -3.29. The molecule has 138 valence electrons. The topological polar surface area (TPSA) is 101 Å². The molecule has 0 aliphatic heterocycles. The second-order valence-corrected chi connectivity index (χ2v) is 5.13. The lowest BCUT2D eigenvalue weighted by atomic mass is 10.1. The number of hydrogen-bond acceptors (Lipinski definition) is 8. The van der Waals surface area contributed by atoms with Crippen LogP contribution in [0.1, 0.15) is 33.6 Å². The van der Waals surface area contributed by atoms with E-state index in [1.165, 1.54) is 45.4 Å². The first-order valence-electron chi connectivity index (χ1n) is 7.59. The molecule has 0 N–H and O–H groups in total. The Morgan fingerprint density at radius 3 is 2.46 bits per heavy atom. The number of ether oxygens (including phenoxy) is 4. The number of Topliss-reactive ketones (excluding diaryl/α,β-unsaturated/α-hetero) is 1. The van der Waals surface area contributed by atoms with Gasteiger partial charge in [-0.25, -0.2) is 9.59 Å². The average Bonchev–Trinajstić information content (AvgIpc) is 3.12. The van der Waals surface area contributed by atoms with Gasteiger partial charge < -0.3 is 23.4 Å². The van der Waals surface area contributed by atoms with E-state index in [4.69, 9.17) is 18.6 Å². The van der Waals surface area contributed by atoms with Crippen LogP contribution in [0.15, 0.2) is 34.7 Å². The maximum Gasteiger partial charge on any atom is 0.373 e. The summed E-state index contributed by atoms with van der Waals surface area (Å²) in [5.41, 5.74) is 0.469. The number of esters is 2. The minimum atomic E-state index is -0.640. The van der Waals surface area contributed by atoms with Gasteiger partial charge in [0.1, 0.15) is 12.4 Å². The van der Waals surface area contributed by atoms with Gasteiger partial charge >= 0.3 is 11.9 Å². The van der Waals surface area contributed by atoms with Crippen LogP contribution in [-0.4, -0.2) is 38.5 Å². The van der Waals surface area contributed by atoms with Gasteiger partial charge in [-0.1, -0.05) is 0 Å². The molecule has 26 heavy (non-hydrogen) atoms. The predicted octanol–water partition coefficient (Wildman–Crippen LogP) is 2.40. The fraction of sp³-hybridized carbons (Fsp3) is 0.278. The molecular weight excluding hydrogens is 344 g/mol. The Kier molecular flexibility index (Phi) is 6.37. The quantitative estimate of drug-likeness (QED) is 0.521. The number of benzene rings is 1. The fourth-order valence-electron chi connectivity index (χ4n) is 2.00. The molecule has 0 aliphatic rings. The number of furan rings is 1. The average molecular weight is 362 g/mol. The van der Waals surface area contributed by atoms with Gasteiger partial charge in [0.2, 0.25) is 5.76 Å². The molecule has 0 unspecified atom stereocenters. The summed E-state index contributed by atoms with van der Waals surface area (Å²) in [6, 6.07) is 7.57. The Balaban J connectivity index is 1.88. The number of carbonyl (C=O) groups excluding carboxylic acids is 3. The second-order valence-electron chi connectivity index (χ2n) is 5.13. The lowest BCUT2D eigenvalue weighted by Gasteiger charge is -2.11. The third-order valence-electron chi connectivity index (χ3n) is 3.34. The standard InChI is InChI=1S/C18H18O8/c1-11(19)12-4-6-14(16(8-12)22-2)24-10-17(20)25-9-13-5-7-15(26-13)18(21)23-3/h4-8H,9-10H2,1-3H3. The van der Waals surface area contributed by atoms with Crippen molar-refractivity contribution in [2.45, 2.75) is 13.5 Å². The smallest absolute Gasteiger partial charge is 0.373 e. The maximum atomic E-state index is 11.8. The molecule has 0 fully saturated rings.